The molecule has 0 unspecified atom stereocenters. The Morgan fingerprint density at radius 2 is 1.84 bits per heavy atom. The van der Waals surface area contributed by atoms with Crippen molar-refractivity contribution in [2.24, 2.45) is 0 Å². The number of rotatable bonds is 1. The fourth-order valence-corrected chi connectivity index (χ4v) is 2.75. The maximum absolute atomic E-state index is 5.85. The quantitative estimate of drug-likeness (QED) is 0.836. The summed E-state index contributed by atoms with van der Waals surface area (Å²) in [5.74, 6) is 0. The Balaban J connectivity index is 2.11. The van der Waals surface area contributed by atoms with Crippen LogP contribution in [0.4, 0.5) is 5.69 Å². The van der Waals surface area contributed by atoms with Crippen molar-refractivity contribution in [1.82, 2.24) is 4.98 Å². The molecule has 0 fully saturated rings. The number of aryl methyl sites for hydroxylation is 2. The number of hydrogen-bond donors (Lipinski definition) is 1. The molecule has 1 aliphatic rings. The lowest BCUT2D eigenvalue weighted by Crippen LogP contribution is -2.04. The first-order chi connectivity index (χ1) is 9.15. The van der Waals surface area contributed by atoms with Gasteiger partial charge in [-0.15, -0.1) is 0 Å². The van der Waals surface area contributed by atoms with Crippen molar-refractivity contribution in [1.29, 1.82) is 0 Å². The number of fused-ring (bicyclic) bond motifs is 1. The third-order valence-corrected chi connectivity index (χ3v) is 3.89. The topological polar surface area (TPSA) is 38.9 Å². The van der Waals surface area contributed by atoms with Crippen LogP contribution in [0.3, 0.4) is 0 Å². The molecule has 1 aromatic carbocycles. The van der Waals surface area contributed by atoms with Crippen molar-refractivity contribution in [2.45, 2.75) is 26.7 Å². The summed E-state index contributed by atoms with van der Waals surface area (Å²) in [7, 11) is 0. The summed E-state index contributed by atoms with van der Waals surface area (Å²) in [5.41, 5.74) is 14.5. The lowest BCUT2D eigenvalue weighted by atomic mass is 9.85. The number of aromatic nitrogens is 1. The van der Waals surface area contributed by atoms with Crippen LogP contribution in [0.15, 0.2) is 30.5 Å². The predicted octanol–water partition coefficient (Wildman–Crippen LogP) is 3.77. The number of hydrogen-bond acceptors (Lipinski definition) is 2. The Morgan fingerprint density at radius 1 is 1.05 bits per heavy atom. The maximum Gasteiger partial charge on any atom is 0.0682 e. The lowest BCUT2D eigenvalue weighted by Gasteiger charge is -2.20. The highest BCUT2D eigenvalue weighted by Gasteiger charge is 2.15. The number of anilines is 1. The molecule has 1 aliphatic carbocycles. The minimum absolute atomic E-state index is 0.776. The van der Waals surface area contributed by atoms with E-state index in [0.29, 0.717) is 0 Å². The van der Waals surface area contributed by atoms with E-state index in [-0.39, 0.29) is 0 Å². The van der Waals surface area contributed by atoms with Gasteiger partial charge in [-0.1, -0.05) is 12.1 Å². The number of nitrogen functional groups attached to an aromatic ring is 1. The van der Waals surface area contributed by atoms with Crippen LogP contribution in [0.1, 0.15) is 34.4 Å². The van der Waals surface area contributed by atoms with Crippen molar-refractivity contribution in [3.63, 3.8) is 0 Å². The summed E-state index contributed by atoms with van der Waals surface area (Å²) in [6, 6.07) is 8.20. The van der Waals surface area contributed by atoms with Crippen LogP contribution in [-0.4, -0.2) is 4.98 Å². The summed E-state index contributed by atoms with van der Waals surface area (Å²) in [6.07, 6.45) is 6.19. The molecular formula is C17H18N2. The summed E-state index contributed by atoms with van der Waals surface area (Å²) in [6.45, 7) is 4.36. The molecule has 3 rings (SSSR count). The third-order valence-electron chi connectivity index (χ3n) is 3.89. The predicted molar refractivity (Wildman–Crippen MR) is 80.8 cm³/mol. The highest BCUT2D eigenvalue weighted by atomic mass is 14.7. The van der Waals surface area contributed by atoms with Crippen molar-refractivity contribution in [3.05, 3.63) is 58.4 Å². The molecule has 0 bridgehead atoms. The Kier molecular flexibility index (Phi) is 2.86. The molecule has 2 heteroatoms. The molecule has 0 spiro atoms. The van der Waals surface area contributed by atoms with Gasteiger partial charge >= 0.3 is 0 Å². The molecule has 0 aliphatic heterocycles. The minimum atomic E-state index is 0.776. The van der Waals surface area contributed by atoms with E-state index in [1.54, 1.807) is 6.20 Å². The number of nitrogens with zero attached hydrogens (tertiary/aromatic N) is 1. The molecule has 0 amide bonds. The molecule has 2 aromatic rings. The summed E-state index contributed by atoms with van der Waals surface area (Å²) in [4.78, 5) is 4.44. The molecular weight excluding hydrogens is 232 g/mol. The van der Waals surface area contributed by atoms with Gasteiger partial charge in [0, 0.05) is 11.9 Å². The minimum Gasteiger partial charge on any atom is -0.399 e. The lowest BCUT2D eigenvalue weighted by molar-refractivity contribution is 0.972. The molecule has 0 radical (unpaired) electrons. The molecule has 1 aromatic heterocycles. The number of pyridine rings is 1. The van der Waals surface area contributed by atoms with Crippen molar-refractivity contribution < 1.29 is 0 Å². The Morgan fingerprint density at radius 3 is 2.63 bits per heavy atom. The Hall–Kier alpha value is -2.09. The van der Waals surface area contributed by atoms with Gasteiger partial charge in [-0.2, -0.15) is 0 Å². The molecule has 2 N–H and O–H groups in total. The zero-order chi connectivity index (χ0) is 13.4. The fraction of sp³-hybridized carbons (Fsp3) is 0.235. The molecule has 19 heavy (non-hydrogen) atoms. The second kappa shape index (κ2) is 4.54. The zero-order valence-electron chi connectivity index (χ0n) is 11.4. The third kappa shape index (κ3) is 2.14. The van der Waals surface area contributed by atoms with Gasteiger partial charge in [0.15, 0.2) is 0 Å². The SMILES string of the molecule is Cc1ccc(C)c2c1C=C(c1cc(N)ccn1)CC2. The van der Waals surface area contributed by atoms with Gasteiger partial charge in [0.25, 0.3) is 0 Å². The first kappa shape index (κ1) is 12.0. The van der Waals surface area contributed by atoms with E-state index in [1.807, 2.05) is 12.1 Å². The standard InChI is InChI=1S/C17H18N2/c1-11-3-4-12(2)16-9-13(5-6-15(11)16)17-10-14(18)7-8-19-17/h3-4,7-10H,5-6H2,1-2H3,(H2,18,19). The molecule has 1 heterocycles. The Labute approximate surface area is 114 Å². The fourth-order valence-electron chi connectivity index (χ4n) is 2.75. The average molecular weight is 250 g/mol. The number of allylic oxidation sites excluding steroid dienone is 1. The zero-order valence-corrected chi connectivity index (χ0v) is 11.4. The van der Waals surface area contributed by atoms with Crippen LogP contribution in [0, 0.1) is 13.8 Å². The van der Waals surface area contributed by atoms with E-state index in [2.05, 4.69) is 37.0 Å². The van der Waals surface area contributed by atoms with Crippen LogP contribution < -0.4 is 5.73 Å². The monoisotopic (exact) mass is 250 g/mol. The highest BCUT2D eigenvalue weighted by molar-refractivity contribution is 5.85. The van der Waals surface area contributed by atoms with Crippen LogP contribution in [-0.2, 0) is 6.42 Å². The second-order valence-corrected chi connectivity index (χ2v) is 5.24. The van der Waals surface area contributed by atoms with E-state index >= 15 is 0 Å². The molecule has 0 atom stereocenters. The van der Waals surface area contributed by atoms with Gasteiger partial charge in [0.2, 0.25) is 0 Å². The van der Waals surface area contributed by atoms with Gasteiger partial charge in [-0.05, 0) is 72.7 Å². The van der Waals surface area contributed by atoms with Crippen molar-refractivity contribution >= 4 is 17.3 Å². The summed E-state index contributed by atoms with van der Waals surface area (Å²) in [5, 5.41) is 0. The first-order valence-electron chi connectivity index (χ1n) is 6.66. The summed E-state index contributed by atoms with van der Waals surface area (Å²) >= 11 is 0. The van der Waals surface area contributed by atoms with E-state index in [4.69, 9.17) is 5.73 Å². The molecule has 96 valence electrons. The van der Waals surface area contributed by atoms with Crippen molar-refractivity contribution in [2.75, 3.05) is 5.73 Å². The van der Waals surface area contributed by atoms with Crippen LogP contribution in [0.5, 0.6) is 0 Å². The first-order valence-corrected chi connectivity index (χ1v) is 6.66. The van der Waals surface area contributed by atoms with Gasteiger partial charge < -0.3 is 5.73 Å². The van der Waals surface area contributed by atoms with E-state index in [9.17, 15) is 0 Å². The maximum atomic E-state index is 5.85. The van der Waals surface area contributed by atoms with E-state index in [0.717, 1.165) is 24.2 Å². The van der Waals surface area contributed by atoms with Gasteiger partial charge in [0.05, 0.1) is 5.69 Å². The number of benzene rings is 1. The molecule has 2 nitrogen and oxygen atoms in total. The largest absolute Gasteiger partial charge is 0.399 e. The highest BCUT2D eigenvalue weighted by Crippen LogP contribution is 2.33. The normalized spacial score (nSPS) is 13.9. The molecule has 0 saturated carbocycles. The average Bonchev–Trinajstić information content (AvgIpc) is 2.43. The smallest absolute Gasteiger partial charge is 0.0682 e. The van der Waals surface area contributed by atoms with Crippen molar-refractivity contribution in [3.8, 4) is 0 Å². The van der Waals surface area contributed by atoms with Crippen LogP contribution in [0.25, 0.3) is 11.6 Å². The van der Waals surface area contributed by atoms with Crippen LogP contribution >= 0.6 is 0 Å². The van der Waals surface area contributed by atoms with Gasteiger partial charge in [-0.3, -0.25) is 4.98 Å². The molecule has 0 saturated heterocycles. The second-order valence-electron chi connectivity index (χ2n) is 5.24. The van der Waals surface area contributed by atoms with Gasteiger partial charge in [0.1, 0.15) is 0 Å². The summed E-state index contributed by atoms with van der Waals surface area (Å²) < 4.78 is 0. The van der Waals surface area contributed by atoms with Crippen LogP contribution in [0.2, 0.25) is 0 Å². The van der Waals surface area contributed by atoms with E-state index in [1.165, 1.54) is 27.8 Å². The number of nitrogens with two attached hydrogens (primary N) is 1. The van der Waals surface area contributed by atoms with Gasteiger partial charge in [-0.25, -0.2) is 0 Å². The Bertz CT molecular complexity index is 669. The van der Waals surface area contributed by atoms with E-state index < -0.39 is 0 Å².